The van der Waals surface area contributed by atoms with Gasteiger partial charge in [-0.25, -0.2) is 17.9 Å². The van der Waals surface area contributed by atoms with Crippen LogP contribution in [-0.2, 0) is 14.8 Å². The maximum atomic E-state index is 12.1. The Morgan fingerprint density at radius 2 is 1.56 bits per heavy atom. The van der Waals surface area contributed by atoms with Crippen molar-refractivity contribution in [3.8, 4) is 0 Å². The van der Waals surface area contributed by atoms with Crippen LogP contribution in [0.25, 0.3) is 0 Å². The van der Waals surface area contributed by atoms with Gasteiger partial charge in [0.05, 0.1) is 10.5 Å². The van der Waals surface area contributed by atoms with Crippen LogP contribution in [0.4, 0.5) is 0 Å². The van der Waals surface area contributed by atoms with E-state index in [4.69, 9.17) is 4.74 Å². The van der Waals surface area contributed by atoms with Gasteiger partial charge in [-0.05, 0) is 56.5 Å². The van der Waals surface area contributed by atoms with E-state index in [0.29, 0.717) is 5.56 Å². The van der Waals surface area contributed by atoms with Crippen molar-refractivity contribution in [1.82, 2.24) is 4.72 Å². The highest BCUT2D eigenvalue weighted by Crippen LogP contribution is 2.16. The molecule has 0 saturated heterocycles. The van der Waals surface area contributed by atoms with E-state index in [1.807, 2.05) is 18.4 Å². The van der Waals surface area contributed by atoms with Crippen molar-refractivity contribution in [2.75, 3.05) is 12.9 Å². The van der Waals surface area contributed by atoms with Gasteiger partial charge in [0.15, 0.2) is 12.4 Å². The van der Waals surface area contributed by atoms with Crippen LogP contribution in [0.1, 0.15) is 34.6 Å². The number of hydrogen-bond donors (Lipinski definition) is 1. The summed E-state index contributed by atoms with van der Waals surface area (Å²) < 4.78 is 31.6. The van der Waals surface area contributed by atoms with Crippen LogP contribution in [0.15, 0.2) is 58.3 Å². The first-order valence-electron chi connectivity index (χ1n) is 8.19. The van der Waals surface area contributed by atoms with E-state index in [1.165, 1.54) is 24.3 Å². The second kappa shape index (κ2) is 9.16. The van der Waals surface area contributed by atoms with Crippen LogP contribution >= 0.6 is 11.8 Å². The summed E-state index contributed by atoms with van der Waals surface area (Å²) in [6.45, 7) is 3.05. The van der Waals surface area contributed by atoms with Crippen LogP contribution in [0.5, 0.6) is 0 Å². The summed E-state index contributed by atoms with van der Waals surface area (Å²) in [5.74, 6) is -0.999. The Morgan fingerprint density at radius 1 is 1.00 bits per heavy atom. The largest absolute Gasteiger partial charge is 0.454 e. The van der Waals surface area contributed by atoms with E-state index in [9.17, 15) is 18.0 Å². The highest BCUT2D eigenvalue weighted by Gasteiger charge is 2.17. The van der Waals surface area contributed by atoms with Gasteiger partial charge in [-0.15, -0.1) is 11.8 Å². The molecule has 0 radical (unpaired) electrons. The smallest absolute Gasteiger partial charge is 0.338 e. The van der Waals surface area contributed by atoms with E-state index < -0.39 is 16.0 Å². The summed E-state index contributed by atoms with van der Waals surface area (Å²) in [5, 5.41) is 0. The number of benzene rings is 2. The first-order valence-corrected chi connectivity index (χ1v) is 10.9. The molecule has 0 atom stereocenters. The molecule has 0 bridgehead atoms. The molecule has 8 heteroatoms. The molecule has 1 N–H and O–H groups in total. The summed E-state index contributed by atoms with van der Waals surface area (Å²) in [7, 11) is -3.63. The molecular formula is C19H21NO5S2. The van der Waals surface area contributed by atoms with Crippen molar-refractivity contribution in [3.63, 3.8) is 0 Å². The monoisotopic (exact) mass is 407 g/mol. The molecule has 144 valence electrons. The van der Waals surface area contributed by atoms with E-state index in [1.54, 1.807) is 37.7 Å². The third-order valence-corrected chi connectivity index (χ3v) is 5.96. The Morgan fingerprint density at radius 3 is 2.07 bits per heavy atom. The van der Waals surface area contributed by atoms with Gasteiger partial charge in [0.25, 0.3) is 0 Å². The molecule has 2 aromatic rings. The average Bonchev–Trinajstić information content (AvgIpc) is 2.65. The molecule has 0 spiro atoms. The second-order valence-corrected chi connectivity index (χ2v) is 8.62. The van der Waals surface area contributed by atoms with Crippen LogP contribution in [0.3, 0.4) is 0 Å². The number of nitrogens with one attached hydrogen (secondary N) is 1. The zero-order chi connectivity index (χ0) is 20.0. The number of thioether (sulfide) groups is 1. The van der Waals surface area contributed by atoms with Gasteiger partial charge in [-0.2, -0.15) is 0 Å². The van der Waals surface area contributed by atoms with Gasteiger partial charge in [0, 0.05) is 16.5 Å². The molecule has 0 aliphatic carbocycles. The van der Waals surface area contributed by atoms with Crippen LogP contribution < -0.4 is 4.72 Å². The van der Waals surface area contributed by atoms with Crippen molar-refractivity contribution >= 4 is 33.5 Å². The Labute approximate surface area is 163 Å². The summed E-state index contributed by atoms with van der Waals surface area (Å²) in [4.78, 5) is 25.3. The third kappa shape index (κ3) is 5.92. The molecule has 6 nitrogen and oxygen atoms in total. The standard InChI is InChI=1S/C19H21NO5S2/c1-13(2)20-27(23,24)17-10-6-15(7-11-17)19(22)25-12-18(21)14-4-8-16(26-3)9-5-14/h4-11,13,20H,12H2,1-3H3. The molecule has 0 heterocycles. The van der Waals surface area contributed by atoms with Crippen LogP contribution in [0, 0.1) is 0 Å². The Bertz CT molecular complexity index is 904. The molecule has 2 aromatic carbocycles. The topological polar surface area (TPSA) is 89.5 Å². The number of carbonyl (C=O) groups excluding carboxylic acids is 2. The lowest BCUT2D eigenvalue weighted by atomic mass is 10.1. The molecule has 0 aliphatic heterocycles. The van der Waals surface area contributed by atoms with Gasteiger partial charge in [-0.3, -0.25) is 4.79 Å². The van der Waals surface area contributed by atoms with Gasteiger partial charge in [0.1, 0.15) is 0 Å². The van der Waals surface area contributed by atoms with Crippen molar-refractivity contribution < 1.29 is 22.7 Å². The lowest BCUT2D eigenvalue weighted by molar-refractivity contribution is 0.0474. The number of esters is 1. The van der Waals surface area contributed by atoms with Gasteiger partial charge in [0.2, 0.25) is 10.0 Å². The molecule has 27 heavy (non-hydrogen) atoms. The summed E-state index contributed by atoms with van der Waals surface area (Å²) in [6.07, 6.45) is 1.94. The van der Waals surface area contributed by atoms with Crippen molar-refractivity contribution in [2.45, 2.75) is 29.7 Å². The number of ether oxygens (including phenoxy) is 1. The zero-order valence-electron chi connectivity index (χ0n) is 15.3. The van der Waals surface area contributed by atoms with Crippen molar-refractivity contribution in [3.05, 3.63) is 59.7 Å². The van der Waals surface area contributed by atoms with E-state index in [-0.39, 0.29) is 28.9 Å². The fraction of sp³-hybridized carbons (Fsp3) is 0.263. The Kier molecular flexibility index (Phi) is 7.18. The predicted octanol–water partition coefficient (Wildman–Crippen LogP) is 3.13. The quantitative estimate of drug-likeness (QED) is 0.411. The normalized spacial score (nSPS) is 11.4. The fourth-order valence-corrected chi connectivity index (χ4v) is 3.88. The van der Waals surface area contributed by atoms with E-state index in [2.05, 4.69) is 4.72 Å². The maximum Gasteiger partial charge on any atom is 0.338 e. The minimum absolute atomic E-state index is 0.0534. The first-order chi connectivity index (χ1) is 12.7. The number of rotatable bonds is 8. The molecular weight excluding hydrogens is 386 g/mol. The highest BCUT2D eigenvalue weighted by molar-refractivity contribution is 7.98. The Hall–Kier alpha value is -2.16. The van der Waals surface area contributed by atoms with Crippen molar-refractivity contribution in [2.24, 2.45) is 0 Å². The van der Waals surface area contributed by atoms with E-state index in [0.717, 1.165) is 4.90 Å². The summed E-state index contributed by atoms with van der Waals surface area (Å²) in [6, 6.07) is 12.1. The first kappa shape index (κ1) is 21.1. The van der Waals surface area contributed by atoms with E-state index >= 15 is 0 Å². The fourth-order valence-electron chi connectivity index (χ4n) is 2.22. The van der Waals surface area contributed by atoms with Crippen LogP contribution in [-0.4, -0.2) is 39.1 Å². The zero-order valence-corrected chi connectivity index (χ0v) is 16.9. The highest BCUT2D eigenvalue weighted by atomic mass is 32.2. The lowest BCUT2D eigenvalue weighted by Crippen LogP contribution is -2.30. The van der Waals surface area contributed by atoms with Gasteiger partial charge in [-0.1, -0.05) is 12.1 Å². The maximum absolute atomic E-state index is 12.1. The molecule has 2 rings (SSSR count). The number of sulfonamides is 1. The number of hydrogen-bond acceptors (Lipinski definition) is 6. The SMILES string of the molecule is CSc1ccc(C(=O)COC(=O)c2ccc(S(=O)(=O)NC(C)C)cc2)cc1. The Balaban J connectivity index is 1.98. The van der Waals surface area contributed by atoms with Crippen LogP contribution in [0.2, 0.25) is 0 Å². The molecule has 0 saturated carbocycles. The minimum atomic E-state index is -3.63. The number of ketones is 1. The predicted molar refractivity (Wildman–Crippen MR) is 105 cm³/mol. The lowest BCUT2D eigenvalue weighted by Gasteiger charge is -2.10. The molecule has 0 aliphatic rings. The minimum Gasteiger partial charge on any atom is -0.454 e. The second-order valence-electron chi connectivity index (χ2n) is 6.03. The third-order valence-electron chi connectivity index (χ3n) is 3.54. The number of Topliss-reactive ketones (excluding diaryl/α,β-unsaturated/α-hetero) is 1. The molecule has 0 unspecified atom stereocenters. The van der Waals surface area contributed by atoms with Gasteiger partial charge >= 0.3 is 5.97 Å². The summed E-state index contributed by atoms with van der Waals surface area (Å²) in [5.41, 5.74) is 0.630. The molecule has 0 amide bonds. The van der Waals surface area contributed by atoms with Gasteiger partial charge < -0.3 is 4.74 Å². The average molecular weight is 408 g/mol. The summed E-state index contributed by atoms with van der Waals surface area (Å²) >= 11 is 1.57. The van der Waals surface area contributed by atoms with Crippen molar-refractivity contribution in [1.29, 1.82) is 0 Å². The molecule has 0 aromatic heterocycles. The molecule has 0 fully saturated rings. The number of carbonyl (C=O) groups is 2.